The third-order valence-electron chi connectivity index (χ3n) is 6.02. The molecule has 0 aliphatic carbocycles. The lowest BCUT2D eigenvalue weighted by molar-refractivity contribution is -0.181. The third kappa shape index (κ3) is 3.53. The van der Waals surface area contributed by atoms with Gasteiger partial charge in [-0.15, -0.1) is 5.10 Å². The highest BCUT2D eigenvalue weighted by Gasteiger charge is 2.41. The smallest absolute Gasteiger partial charge is 0.274 e. The zero-order chi connectivity index (χ0) is 20.0. The van der Waals surface area contributed by atoms with E-state index >= 15 is 0 Å². The van der Waals surface area contributed by atoms with Crippen LogP contribution in [0.3, 0.4) is 0 Å². The van der Waals surface area contributed by atoms with Crippen LogP contribution in [0.4, 0.5) is 5.13 Å². The van der Waals surface area contributed by atoms with Gasteiger partial charge in [0.1, 0.15) is 5.69 Å². The highest BCUT2D eigenvalue weighted by Crippen LogP contribution is 2.32. The predicted molar refractivity (Wildman–Crippen MR) is 108 cm³/mol. The Balaban J connectivity index is 1.42. The molecule has 3 saturated heterocycles. The molecular weight excluding hydrogens is 394 g/mol. The quantitative estimate of drug-likeness (QED) is 0.726. The molecule has 0 radical (unpaired) electrons. The number of carbonyl (C=O) groups is 1. The van der Waals surface area contributed by atoms with Gasteiger partial charge < -0.3 is 19.3 Å². The fourth-order valence-electron chi connectivity index (χ4n) is 4.45. The summed E-state index contributed by atoms with van der Waals surface area (Å²) >= 11 is 1.37. The molecule has 3 fully saturated rings. The van der Waals surface area contributed by atoms with E-state index in [9.17, 15) is 9.59 Å². The van der Waals surface area contributed by atoms with Crippen LogP contribution in [-0.2, 0) is 9.47 Å². The molecule has 1 unspecified atom stereocenters. The maximum atomic E-state index is 13.2. The summed E-state index contributed by atoms with van der Waals surface area (Å²) in [5, 5.41) is 5.48. The van der Waals surface area contributed by atoms with Gasteiger partial charge in [-0.1, -0.05) is 18.3 Å². The number of ether oxygens (including phenoxy) is 2. The molecule has 0 saturated carbocycles. The van der Waals surface area contributed by atoms with E-state index in [1.165, 1.54) is 28.3 Å². The second-order valence-corrected chi connectivity index (χ2v) is 9.09. The van der Waals surface area contributed by atoms with Crippen molar-refractivity contribution in [2.45, 2.75) is 38.4 Å². The Morgan fingerprint density at radius 1 is 1.24 bits per heavy atom. The second kappa shape index (κ2) is 7.33. The number of hydrogen-bond donors (Lipinski definition) is 0. The van der Waals surface area contributed by atoms with E-state index in [0.717, 1.165) is 24.6 Å². The zero-order valence-electron chi connectivity index (χ0n) is 16.5. The summed E-state index contributed by atoms with van der Waals surface area (Å²) in [6, 6.07) is 1.30. The van der Waals surface area contributed by atoms with Gasteiger partial charge in [-0.3, -0.25) is 9.59 Å². The Morgan fingerprint density at radius 2 is 2.00 bits per heavy atom. The predicted octanol–water partition coefficient (Wildman–Crippen LogP) is 1.37. The molecule has 29 heavy (non-hydrogen) atoms. The number of carbonyl (C=O) groups excluding carboxylic acids is 1. The van der Waals surface area contributed by atoms with E-state index in [-0.39, 0.29) is 11.6 Å². The monoisotopic (exact) mass is 419 g/mol. The summed E-state index contributed by atoms with van der Waals surface area (Å²) in [5.74, 6) is -0.137. The molecule has 2 aromatic heterocycles. The van der Waals surface area contributed by atoms with Crippen molar-refractivity contribution in [2.24, 2.45) is 5.92 Å². The number of aromatic nitrogens is 3. The zero-order valence-corrected chi connectivity index (χ0v) is 17.3. The number of rotatable bonds is 2. The molecule has 1 amide bonds. The van der Waals surface area contributed by atoms with E-state index < -0.39 is 11.3 Å². The van der Waals surface area contributed by atoms with Crippen molar-refractivity contribution in [3.63, 3.8) is 0 Å². The van der Waals surface area contributed by atoms with Gasteiger partial charge in [0.15, 0.2) is 5.79 Å². The first-order chi connectivity index (χ1) is 14.0. The maximum Gasteiger partial charge on any atom is 0.274 e. The maximum absolute atomic E-state index is 13.2. The summed E-state index contributed by atoms with van der Waals surface area (Å²) in [4.78, 5) is 33.9. The van der Waals surface area contributed by atoms with E-state index in [0.29, 0.717) is 50.0 Å². The van der Waals surface area contributed by atoms with E-state index in [2.05, 4.69) is 21.9 Å². The summed E-state index contributed by atoms with van der Waals surface area (Å²) in [5.41, 5.74) is -0.136. The van der Waals surface area contributed by atoms with Gasteiger partial charge in [-0.2, -0.15) is 9.50 Å². The Kier molecular flexibility index (Phi) is 4.79. The molecule has 156 valence electrons. The molecule has 2 aromatic rings. The largest absolute Gasteiger partial charge is 0.347 e. The molecule has 0 bridgehead atoms. The highest BCUT2D eigenvalue weighted by atomic mass is 32.1. The van der Waals surface area contributed by atoms with Crippen LogP contribution in [0.15, 0.2) is 10.9 Å². The fraction of sp³-hybridized carbons (Fsp3) is 0.684. The van der Waals surface area contributed by atoms with E-state index in [1.54, 1.807) is 4.90 Å². The molecular formula is C19H25N5O4S. The molecule has 5 rings (SSSR count). The van der Waals surface area contributed by atoms with Crippen molar-refractivity contribution in [3.05, 3.63) is 22.1 Å². The fourth-order valence-corrected chi connectivity index (χ4v) is 5.39. The van der Waals surface area contributed by atoms with Crippen molar-refractivity contribution in [1.82, 2.24) is 19.5 Å². The van der Waals surface area contributed by atoms with Crippen LogP contribution in [0.25, 0.3) is 4.96 Å². The molecule has 1 atom stereocenters. The lowest BCUT2D eigenvalue weighted by Gasteiger charge is -2.37. The third-order valence-corrected chi connectivity index (χ3v) is 6.99. The normalized spacial score (nSPS) is 24.5. The van der Waals surface area contributed by atoms with Gasteiger partial charge in [0.25, 0.3) is 11.5 Å². The Hall–Kier alpha value is -2.04. The molecule has 9 nitrogen and oxygen atoms in total. The van der Waals surface area contributed by atoms with Gasteiger partial charge in [0, 0.05) is 45.1 Å². The Bertz CT molecular complexity index is 973. The van der Waals surface area contributed by atoms with Gasteiger partial charge in [0.05, 0.1) is 13.2 Å². The number of amides is 1. The minimum atomic E-state index is -0.542. The van der Waals surface area contributed by atoms with E-state index in [1.807, 2.05) is 0 Å². The minimum Gasteiger partial charge on any atom is -0.347 e. The van der Waals surface area contributed by atoms with E-state index in [4.69, 9.17) is 9.47 Å². The average Bonchev–Trinajstić information content (AvgIpc) is 3.35. The summed E-state index contributed by atoms with van der Waals surface area (Å²) in [7, 11) is 0. The van der Waals surface area contributed by atoms with Crippen molar-refractivity contribution >= 4 is 27.3 Å². The molecule has 1 spiro atoms. The standard InChI is InChI=1S/C19H25N5O4S/c1-13-3-2-6-23(12-13)18-21-24-14(11-15(25)20-17(24)29-18)16(26)22-7-4-19(5-8-22)27-9-10-28-19/h11,13H,2-10,12H2,1H3. The number of nitrogens with zero attached hydrogens (tertiary/aromatic N) is 5. The van der Waals surface area contributed by atoms with Crippen LogP contribution in [-0.4, -0.2) is 70.6 Å². The number of hydrogen-bond acceptors (Lipinski definition) is 8. The van der Waals surface area contributed by atoms with Gasteiger partial charge in [-0.05, 0) is 18.8 Å². The Morgan fingerprint density at radius 3 is 2.72 bits per heavy atom. The van der Waals surface area contributed by atoms with Gasteiger partial charge in [0.2, 0.25) is 10.1 Å². The first-order valence-electron chi connectivity index (χ1n) is 10.3. The first kappa shape index (κ1) is 19.0. The summed E-state index contributed by atoms with van der Waals surface area (Å²) in [6.45, 7) is 6.36. The SMILES string of the molecule is CC1CCCN(c2nn3c(C(=O)N4CCC5(CC4)OCCO5)cc(=O)nc3s2)C1. The van der Waals surface area contributed by atoms with Crippen molar-refractivity contribution < 1.29 is 14.3 Å². The van der Waals surface area contributed by atoms with Crippen LogP contribution in [0, 0.1) is 5.92 Å². The number of anilines is 1. The lowest BCUT2D eigenvalue weighted by Crippen LogP contribution is -2.47. The van der Waals surface area contributed by atoms with Gasteiger partial charge >= 0.3 is 0 Å². The average molecular weight is 420 g/mol. The molecule has 3 aliphatic rings. The first-order valence-corrected chi connectivity index (χ1v) is 11.1. The van der Waals surface area contributed by atoms with Crippen LogP contribution in [0.2, 0.25) is 0 Å². The molecule has 10 heteroatoms. The molecule has 3 aliphatic heterocycles. The van der Waals surface area contributed by atoms with Crippen LogP contribution < -0.4 is 10.5 Å². The topological polar surface area (TPSA) is 89.3 Å². The number of likely N-dealkylation sites (tertiary alicyclic amines) is 1. The van der Waals surface area contributed by atoms with Crippen molar-refractivity contribution in [2.75, 3.05) is 44.3 Å². The number of fused-ring (bicyclic) bond motifs is 1. The lowest BCUT2D eigenvalue weighted by atomic mass is 10.0. The van der Waals surface area contributed by atoms with Gasteiger partial charge in [-0.25, -0.2) is 0 Å². The van der Waals surface area contributed by atoms with Crippen molar-refractivity contribution in [1.29, 1.82) is 0 Å². The number of piperidine rings is 2. The van der Waals surface area contributed by atoms with Crippen LogP contribution >= 0.6 is 11.3 Å². The second-order valence-electron chi connectivity index (χ2n) is 8.15. The highest BCUT2D eigenvalue weighted by molar-refractivity contribution is 7.20. The summed E-state index contributed by atoms with van der Waals surface area (Å²) in [6.07, 6.45) is 3.60. The van der Waals surface area contributed by atoms with Crippen LogP contribution in [0.5, 0.6) is 0 Å². The summed E-state index contributed by atoms with van der Waals surface area (Å²) < 4.78 is 13.0. The van der Waals surface area contributed by atoms with Crippen LogP contribution in [0.1, 0.15) is 43.1 Å². The molecule has 0 N–H and O–H groups in total. The molecule has 0 aromatic carbocycles. The van der Waals surface area contributed by atoms with Crippen molar-refractivity contribution in [3.8, 4) is 0 Å². The Labute approximate surface area is 172 Å². The molecule has 5 heterocycles. The minimum absolute atomic E-state index is 0.198.